The van der Waals surface area contributed by atoms with E-state index in [2.05, 4.69) is 9.97 Å². The lowest BCUT2D eigenvalue weighted by Gasteiger charge is -2.05. The highest BCUT2D eigenvalue weighted by Crippen LogP contribution is 2.30. The first-order valence-electron chi connectivity index (χ1n) is 7.77. The van der Waals surface area contributed by atoms with E-state index in [0.717, 1.165) is 20.8 Å². The molecule has 9 heteroatoms. The van der Waals surface area contributed by atoms with Gasteiger partial charge in [0.15, 0.2) is 11.2 Å². The van der Waals surface area contributed by atoms with E-state index in [4.69, 9.17) is 11.6 Å². The average Bonchev–Trinajstić information content (AvgIpc) is 3.26. The first-order valence-corrected chi connectivity index (χ1v) is 9.03. The molecule has 1 aromatic carbocycles. The van der Waals surface area contributed by atoms with Crippen molar-refractivity contribution < 1.29 is 0 Å². The van der Waals surface area contributed by atoms with Crippen LogP contribution >= 0.6 is 22.9 Å². The van der Waals surface area contributed by atoms with Gasteiger partial charge in [-0.05, 0) is 6.07 Å². The number of hydrogen-bond acceptors (Lipinski definition) is 5. The summed E-state index contributed by atoms with van der Waals surface area (Å²) in [6.07, 6.45) is 1.56. The third-order valence-electron chi connectivity index (χ3n) is 4.21. The van der Waals surface area contributed by atoms with Crippen LogP contribution in [-0.2, 0) is 20.6 Å². The highest BCUT2D eigenvalue weighted by Gasteiger charge is 2.15. The van der Waals surface area contributed by atoms with Crippen LogP contribution in [0, 0.1) is 0 Å². The van der Waals surface area contributed by atoms with Gasteiger partial charge in [0.2, 0.25) is 0 Å². The molecule has 0 aliphatic carbocycles. The maximum Gasteiger partial charge on any atom is 0.332 e. The molecule has 0 aliphatic rings. The van der Waals surface area contributed by atoms with Crippen molar-refractivity contribution in [2.45, 2.75) is 6.54 Å². The summed E-state index contributed by atoms with van der Waals surface area (Å²) in [4.78, 5) is 33.4. The van der Waals surface area contributed by atoms with E-state index in [1.165, 1.54) is 23.0 Å². The number of aryl methyl sites for hydroxylation is 1. The van der Waals surface area contributed by atoms with Crippen LogP contribution in [0.15, 0.2) is 45.6 Å². The van der Waals surface area contributed by atoms with Gasteiger partial charge < -0.3 is 4.57 Å². The van der Waals surface area contributed by atoms with Crippen LogP contribution in [0.25, 0.3) is 21.7 Å². The lowest BCUT2D eigenvalue weighted by molar-refractivity contribution is 0.701. The number of rotatable bonds is 3. The number of fused-ring (bicyclic) bond motifs is 1. The van der Waals surface area contributed by atoms with Gasteiger partial charge in [-0.15, -0.1) is 11.3 Å². The van der Waals surface area contributed by atoms with Crippen LogP contribution in [0.3, 0.4) is 0 Å². The molecule has 132 valence electrons. The quantitative estimate of drug-likeness (QED) is 0.540. The third-order valence-corrected chi connectivity index (χ3v) is 5.46. The topological polar surface area (TPSA) is 74.7 Å². The van der Waals surface area contributed by atoms with Crippen molar-refractivity contribution in [3.8, 4) is 10.6 Å². The molecular formula is C17H14ClN5O2S. The van der Waals surface area contributed by atoms with Crippen LogP contribution in [0.1, 0.15) is 5.69 Å². The molecule has 0 bridgehead atoms. The normalized spacial score (nSPS) is 11.3. The van der Waals surface area contributed by atoms with Crippen molar-refractivity contribution in [2.75, 3.05) is 0 Å². The summed E-state index contributed by atoms with van der Waals surface area (Å²) in [7, 11) is 3.06. The molecule has 0 radical (unpaired) electrons. The Bertz CT molecular complexity index is 1250. The monoisotopic (exact) mass is 387 g/mol. The molecule has 3 aromatic heterocycles. The molecule has 3 heterocycles. The first-order chi connectivity index (χ1) is 12.5. The van der Waals surface area contributed by atoms with E-state index in [0.29, 0.717) is 22.7 Å². The summed E-state index contributed by atoms with van der Waals surface area (Å²) >= 11 is 7.72. The number of imidazole rings is 1. The van der Waals surface area contributed by atoms with Gasteiger partial charge in [0.25, 0.3) is 5.56 Å². The lowest BCUT2D eigenvalue weighted by Crippen LogP contribution is -2.37. The summed E-state index contributed by atoms with van der Waals surface area (Å²) in [5.41, 5.74) is 1.63. The first kappa shape index (κ1) is 16.7. The fraction of sp³-hybridized carbons (Fsp3) is 0.176. The summed E-state index contributed by atoms with van der Waals surface area (Å²) in [6, 6.07) is 7.53. The molecule has 0 saturated heterocycles. The maximum atomic E-state index is 12.5. The Morgan fingerprint density at radius 2 is 1.92 bits per heavy atom. The van der Waals surface area contributed by atoms with Gasteiger partial charge in [0.05, 0.1) is 23.6 Å². The zero-order chi connectivity index (χ0) is 18.4. The van der Waals surface area contributed by atoms with E-state index in [1.807, 2.05) is 29.6 Å². The second-order valence-corrected chi connectivity index (χ2v) is 7.14. The maximum absolute atomic E-state index is 12.5. The Balaban J connectivity index is 1.77. The number of thiazole rings is 1. The van der Waals surface area contributed by atoms with Crippen LogP contribution in [0.2, 0.25) is 5.02 Å². The molecule has 0 spiro atoms. The van der Waals surface area contributed by atoms with E-state index in [9.17, 15) is 9.59 Å². The Morgan fingerprint density at radius 3 is 2.69 bits per heavy atom. The van der Waals surface area contributed by atoms with Crippen molar-refractivity contribution in [3.63, 3.8) is 0 Å². The molecular weight excluding hydrogens is 374 g/mol. The van der Waals surface area contributed by atoms with Crippen molar-refractivity contribution in [1.29, 1.82) is 0 Å². The van der Waals surface area contributed by atoms with E-state index in [1.54, 1.807) is 17.9 Å². The fourth-order valence-corrected chi connectivity index (χ4v) is 3.96. The van der Waals surface area contributed by atoms with Gasteiger partial charge >= 0.3 is 5.69 Å². The predicted octanol–water partition coefficient (Wildman–Crippen LogP) is 2.26. The van der Waals surface area contributed by atoms with Crippen LogP contribution in [-0.4, -0.2) is 23.7 Å². The summed E-state index contributed by atoms with van der Waals surface area (Å²) in [6.45, 7) is 0.380. The largest absolute Gasteiger partial charge is 0.332 e. The van der Waals surface area contributed by atoms with Crippen molar-refractivity contribution in [1.82, 2.24) is 23.7 Å². The number of halogens is 1. The highest BCUT2D eigenvalue weighted by molar-refractivity contribution is 7.13. The minimum atomic E-state index is -0.401. The number of nitrogens with zero attached hydrogens (tertiary/aromatic N) is 5. The molecule has 0 atom stereocenters. The van der Waals surface area contributed by atoms with E-state index >= 15 is 0 Å². The summed E-state index contributed by atoms with van der Waals surface area (Å²) in [5, 5.41) is 3.39. The molecule has 0 aliphatic heterocycles. The van der Waals surface area contributed by atoms with E-state index in [-0.39, 0.29) is 5.56 Å². The van der Waals surface area contributed by atoms with Crippen LogP contribution in [0.4, 0.5) is 0 Å². The second kappa shape index (κ2) is 6.22. The van der Waals surface area contributed by atoms with Gasteiger partial charge in [0, 0.05) is 25.0 Å². The molecule has 0 unspecified atom stereocenters. The van der Waals surface area contributed by atoms with Crippen molar-refractivity contribution in [3.05, 3.63) is 67.5 Å². The minimum absolute atomic E-state index is 0.361. The average molecular weight is 388 g/mol. The molecule has 4 rings (SSSR count). The zero-order valence-corrected chi connectivity index (χ0v) is 15.6. The predicted molar refractivity (Wildman–Crippen MR) is 102 cm³/mol. The number of benzene rings is 1. The number of hydrogen-bond donors (Lipinski definition) is 0. The van der Waals surface area contributed by atoms with Gasteiger partial charge in [-0.3, -0.25) is 13.9 Å². The Labute approximate surface area is 156 Å². The minimum Gasteiger partial charge on any atom is -0.319 e. The fourth-order valence-electron chi connectivity index (χ4n) is 2.83. The second-order valence-electron chi connectivity index (χ2n) is 5.87. The molecule has 26 heavy (non-hydrogen) atoms. The molecule has 7 nitrogen and oxygen atoms in total. The number of aromatic nitrogens is 5. The van der Waals surface area contributed by atoms with Gasteiger partial charge in [0.1, 0.15) is 5.01 Å². The van der Waals surface area contributed by atoms with Gasteiger partial charge in [-0.1, -0.05) is 29.8 Å². The van der Waals surface area contributed by atoms with Gasteiger partial charge in [-0.2, -0.15) is 0 Å². The summed E-state index contributed by atoms with van der Waals surface area (Å²) < 4.78 is 4.16. The Hall–Kier alpha value is -2.71. The summed E-state index contributed by atoms with van der Waals surface area (Å²) in [5.74, 6) is 0. The van der Waals surface area contributed by atoms with Crippen molar-refractivity contribution >= 4 is 34.1 Å². The molecule has 4 aromatic rings. The van der Waals surface area contributed by atoms with Crippen LogP contribution in [0.5, 0.6) is 0 Å². The molecule has 0 N–H and O–H groups in total. The smallest absolute Gasteiger partial charge is 0.319 e. The van der Waals surface area contributed by atoms with Crippen LogP contribution < -0.4 is 11.2 Å². The molecule has 0 amide bonds. The molecule has 0 fully saturated rings. The zero-order valence-electron chi connectivity index (χ0n) is 14.0. The SMILES string of the molecule is Cn1c(=O)c2c(ncn2Cc2csc(-c3ccccc3Cl)n2)n(C)c1=O. The third kappa shape index (κ3) is 2.58. The molecule has 0 saturated carbocycles. The highest BCUT2D eigenvalue weighted by atomic mass is 35.5. The van der Waals surface area contributed by atoms with Gasteiger partial charge in [-0.25, -0.2) is 14.8 Å². The van der Waals surface area contributed by atoms with Crippen molar-refractivity contribution in [2.24, 2.45) is 14.1 Å². The Morgan fingerprint density at radius 1 is 1.15 bits per heavy atom. The Kier molecular flexibility index (Phi) is 4.01. The lowest BCUT2D eigenvalue weighted by atomic mass is 10.2. The van der Waals surface area contributed by atoms with E-state index < -0.39 is 5.69 Å². The standard InChI is InChI=1S/C17H14ClN5O2S/c1-21-14-13(16(24)22(2)17(21)25)23(9-19-14)7-10-8-26-15(20-10)11-5-3-4-6-12(11)18/h3-6,8-9H,7H2,1-2H3.